The molecule has 1 radical (unpaired) electrons. The van der Waals surface area contributed by atoms with E-state index in [1.165, 1.54) is 0 Å². The van der Waals surface area contributed by atoms with Crippen LogP contribution in [0.1, 0.15) is 27.2 Å². The minimum atomic E-state index is -1.37. The Morgan fingerprint density at radius 2 is 2.00 bits per heavy atom. The van der Waals surface area contributed by atoms with E-state index in [0.29, 0.717) is 0 Å². The van der Waals surface area contributed by atoms with E-state index in [1.807, 2.05) is 0 Å². The molecule has 0 bridgehead atoms. The molecule has 0 saturated carbocycles. The number of rotatable bonds is 2. The van der Waals surface area contributed by atoms with Crippen LogP contribution in [0.25, 0.3) is 0 Å². The van der Waals surface area contributed by atoms with E-state index in [1.54, 1.807) is 20.8 Å². The van der Waals surface area contributed by atoms with Crippen molar-refractivity contribution < 1.29 is 14.6 Å². The van der Waals surface area contributed by atoms with Gasteiger partial charge in [-0.2, -0.15) is 0 Å². The molecule has 11 heavy (non-hydrogen) atoms. The predicted octanol–water partition coefficient (Wildman–Crippen LogP) is 0.434. The largest absolute Gasteiger partial charge is 0.460 e. The molecule has 0 rings (SSSR count). The Balaban J connectivity index is 3.71. The number of ether oxygens (including phenoxy) is 1. The van der Waals surface area contributed by atoms with Gasteiger partial charge < -0.3 is 10.5 Å². The maximum absolute atomic E-state index is 10.8. The Morgan fingerprint density at radius 3 is 2.27 bits per heavy atom. The van der Waals surface area contributed by atoms with Crippen LogP contribution in [0.4, 0.5) is 0 Å². The van der Waals surface area contributed by atoms with E-state index in [2.05, 4.69) is 0 Å². The topological polar surface area (TPSA) is 72.2 Å². The lowest BCUT2D eigenvalue weighted by Crippen LogP contribution is -2.29. The normalized spacial score (nSPS) is 14.3. The van der Waals surface area contributed by atoms with Gasteiger partial charge in [-0.05, 0) is 20.8 Å². The van der Waals surface area contributed by atoms with Crippen molar-refractivity contribution in [3.8, 4) is 0 Å². The minimum absolute atomic E-state index is 0.267. The van der Waals surface area contributed by atoms with Gasteiger partial charge >= 0.3 is 5.97 Å². The maximum Gasteiger partial charge on any atom is 0.310 e. The van der Waals surface area contributed by atoms with Crippen LogP contribution in [0, 0.1) is 0 Å². The first-order chi connectivity index (χ1) is 4.81. The molecule has 4 nitrogen and oxygen atoms in total. The highest BCUT2D eigenvalue weighted by atomic mass is 16.6. The van der Waals surface area contributed by atoms with Crippen molar-refractivity contribution in [1.29, 1.82) is 0 Å². The minimum Gasteiger partial charge on any atom is -0.460 e. The molecule has 0 fully saturated rings. The SMILES string of the molecule is CC(C)(C)OC(=O)CC(N)[O]. The summed E-state index contributed by atoms with van der Waals surface area (Å²) in [6.45, 7) is 5.21. The van der Waals surface area contributed by atoms with Gasteiger partial charge in [0.05, 0.1) is 6.42 Å². The second kappa shape index (κ2) is 3.69. The molecule has 1 atom stereocenters. The van der Waals surface area contributed by atoms with Crippen molar-refractivity contribution in [2.75, 3.05) is 0 Å². The van der Waals surface area contributed by atoms with Gasteiger partial charge in [-0.15, -0.1) is 0 Å². The predicted molar refractivity (Wildman–Crippen MR) is 39.1 cm³/mol. The molecule has 0 aromatic carbocycles. The van der Waals surface area contributed by atoms with Crippen molar-refractivity contribution in [1.82, 2.24) is 0 Å². The third-order valence-electron chi connectivity index (χ3n) is 0.788. The Kier molecular flexibility index (Phi) is 3.48. The molecule has 0 aromatic heterocycles. The molecule has 2 N–H and O–H groups in total. The van der Waals surface area contributed by atoms with Crippen LogP contribution < -0.4 is 5.73 Å². The molecule has 0 aromatic rings. The van der Waals surface area contributed by atoms with Gasteiger partial charge in [0, 0.05) is 0 Å². The van der Waals surface area contributed by atoms with Gasteiger partial charge in [0.25, 0.3) is 0 Å². The molecular weight excluding hydrogens is 146 g/mol. The summed E-state index contributed by atoms with van der Waals surface area (Å²) in [5.74, 6) is -0.542. The molecule has 65 valence electrons. The fourth-order valence-electron chi connectivity index (χ4n) is 0.547. The van der Waals surface area contributed by atoms with Gasteiger partial charge in [-0.25, -0.2) is 5.11 Å². The Labute approximate surface area is 66.3 Å². The summed E-state index contributed by atoms with van der Waals surface area (Å²) in [5, 5.41) is 10.3. The fraction of sp³-hybridized carbons (Fsp3) is 0.857. The molecule has 0 aliphatic heterocycles. The highest BCUT2D eigenvalue weighted by Gasteiger charge is 2.17. The Hall–Kier alpha value is -0.610. The highest BCUT2D eigenvalue weighted by molar-refractivity contribution is 5.70. The van der Waals surface area contributed by atoms with Crippen LogP contribution >= 0.6 is 0 Å². The van der Waals surface area contributed by atoms with E-state index in [0.717, 1.165) is 0 Å². The molecule has 0 aliphatic carbocycles. The van der Waals surface area contributed by atoms with Gasteiger partial charge in [0.15, 0.2) is 6.23 Å². The lowest BCUT2D eigenvalue weighted by atomic mass is 10.2. The quantitative estimate of drug-likeness (QED) is 0.470. The molecule has 4 heteroatoms. The Morgan fingerprint density at radius 1 is 1.55 bits per heavy atom. The molecule has 0 amide bonds. The summed E-state index contributed by atoms with van der Waals surface area (Å²) in [6, 6.07) is 0. The van der Waals surface area contributed by atoms with Crippen molar-refractivity contribution >= 4 is 5.97 Å². The smallest absolute Gasteiger partial charge is 0.310 e. The monoisotopic (exact) mass is 160 g/mol. The van der Waals surface area contributed by atoms with Crippen LogP contribution in [0.5, 0.6) is 0 Å². The summed E-state index contributed by atoms with van der Waals surface area (Å²) in [5.41, 5.74) is 4.32. The van der Waals surface area contributed by atoms with E-state index in [-0.39, 0.29) is 6.42 Å². The molecule has 0 spiro atoms. The highest BCUT2D eigenvalue weighted by Crippen LogP contribution is 2.08. The lowest BCUT2D eigenvalue weighted by Gasteiger charge is -2.19. The zero-order valence-corrected chi connectivity index (χ0v) is 7.09. The number of carbonyl (C=O) groups is 1. The number of hydrogen-bond donors (Lipinski definition) is 1. The molecule has 0 saturated heterocycles. The molecular formula is C7H14NO3. The summed E-state index contributed by atoms with van der Waals surface area (Å²) in [4.78, 5) is 10.8. The van der Waals surface area contributed by atoms with Crippen LogP contribution in [0.3, 0.4) is 0 Å². The maximum atomic E-state index is 10.8. The van der Waals surface area contributed by atoms with Crippen LogP contribution in [0.2, 0.25) is 0 Å². The van der Waals surface area contributed by atoms with E-state index >= 15 is 0 Å². The zero-order valence-electron chi connectivity index (χ0n) is 7.09. The molecule has 0 aliphatic rings. The third-order valence-corrected chi connectivity index (χ3v) is 0.788. The average molecular weight is 160 g/mol. The van der Waals surface area contributed by atoms with Gasteiger partial charge in [-0.3, -0.25) is 4.79 Å². The van der Waals surface area contributed by atoms with Crippen LogP contribution in [-0.2, 0) is 14.6 Å². The summed E-state index contributed by atoms with van der Waals surface area (Å²) < 4.78 is 4.83. The number of esters is 1. The van der Waals surface area contributed by atoms with Gasteiger partial charge in [0.1, 0.15) is 5.60 Å². The second-order valence-corrected chi connectivity index (χ2v) is 3.33. The van der Waals surface area contributed by atoms with Crippen molar-refractivity contribution in [2.24, 2.45) is 5.73 Å². The van der Waals surface area contributed by atoms with Crippen LogP contribution in [-0.4, -0.2) is 17.8 Å². The first-order valence-electron chi connectivity index (χ1n) is 3.44. The second-order valence-electron chi connectivity index (χ2n) is 3.33. The fourth-order valence-corrected chi connectivity index (χ4v) is 0.547. The number of carbonyl (C=O) groups excluding carboxylic acids is 1. The van der Waals surface area contributed by atoms with Crippen LogP contribution in [0.15, 0.2) is 0 Å². The number of nitrogens with two attached hydrogens (primary N) is 1. The van der Waals surface area contributed by atoms with E-state index < -0.39 is 17.8 Å². The summed E-state index contributed by atoms with van der Waals surface area (Å²) in [7, 11) is 0. The third kappa shape index (κ3) is 7.29. The summed E-state index contributed by atoms with van der Waals surface area (Å²) >= 11 is 0. The zero-order chi connectivity index (χ0) is 9.07. The first-order valence-corrected chi connectivity index (χ1v) is 3.44. The molecule has 1 unspecified atom stereocenters. The van der Waals surface area contributed by atoms with Crippen molar-refractivity contribution in [3.05, 3.63) is 0 Å². The number of hydrogen-bond acceptors (Lipinski definition) is 3. The lowest BCUT2D eigenvalue weighted by molar-refractivity contribution is -0.157. The van der Waals surface area contributed by atoms with Gasteiger partial charge in [-0.1, -0.05) is 0 Å². The van der Waals surface area contributed by atoms with E-state index in [4.69, 9.17) is 10.5 Å². The Bertz CT molecular complexity index is 137. The van der Waals surface area contributed by atoms with E-state index in [9.17, 15) is 9.90 Å². The van der Waals surface area contributed by atoms with Crippen molar-refractivity contribution in [2.45, 2.75) is 39.0 Å². The summed E-state index contributed by atoms with van der Waals surface area (Å²) in [6.07, 6.45) is -1.64. The van der Waals surface area contributed by atoms with Gasteiger partial charge in [0.2, 0.25) is 0 Å². The average Bonchev–Trinajstić information content (AvgIpc) is 1.53. The van der Waals surface area contributed by atoms with Crippen molar-refractivity contribution in [3.63, 3.8) is 0 Å². The molecule has 0 heterocycles. The standard InChI is InChI=1S/C7H14NO3/c1-7(2,3)11-6(10)4-5(8)9/h5H,4,8H2,1-3H3. The first kappa shape index (κ1) is 10.4.